The Labute approximate surface area is 157 Å². The summed E-state index contributed by atoms with van der Waals surface area (Å²) >= 11 is 1.48. The van der Waals surface area contributed by atoms with Gasteiger partial charge in [0.25, 0.3) is 0 Å². The van der Waals surface area contributed by atoms with Crippen LogP contribution in [-0.4, -0.2) is 24.0 Å². The molecule has 0 fully saturated rings. The molecule has 0 saturated heterocycles. The lowest BCUT2D eigenvalue weighted by molar-refractivity contribution is -0.157. The summed E-state index contributed by atoms with van der Waals surface area (Å²) in [6.45, 7) is 5.30. The lowest BCUT2D eigenvalue weighted by Crippen LogP contribution is -2.27. The van der Waals surface area contributed by atoms with E-state index in [0.717, 1.165) is 16.0 Å². The Morgan fingerprint density at radius 1 is 1.08 bits per heavy atom. The molecule has 0 atom stereocenters. The van der Waals surface area contributed by atoms with Gasteiger partial charge in [-0.25, -0.2) is 4.79 Å². The van der Waals surface area contributed by atoms with E-state index >= 15 is 0 Å². The first kappa shape index (κ1) is 18.3. The number of hydrogen-bond donors (Lipinski definition) is 0. The van der Waals surface area contributed by atoms with Crippen molar-refractivity contribution >= 4 is 29.6 Å². The molecule has 4 nitrogen and oxygen atoms in total. The molecule has 0 radical (unpaired) electrons. The van der Waals surface area contributed by atoms with Crippen LogP contribution in [0.1, 0.15) is 36.7 Å². The van der Waals surface area contributed by atoms with Crippen LogP contribution in [0.5, 0.6) is 5.75 Å². The first-order valence-electron chi connectivity index (χ1n) is 8.30. The molecule has 1 heterocycles. The maximum Gasteiger partial charge on any atom is 0.344 e. The van der Waals surface area contributed by atoms with Crippen LogP contribution in [0.15, 0.2) is 58.3 Å². The Balaban J connectivity index is 1.62. The predicted octanol–water partition coefficient (Wildman–Crippen LogP) is 4.74. The fourth-order valence-electron chi connectivity index (χ4n) is 2.46. The number of hydrogen-bond acceptors (Lipinski definition) is 5. The molecule has 2 aromatic carbocycles. The van der Waals surface area contributed by atoms with Gasteiger partial charge < -0.3 is 9.47 Å². The Morgan fingerprint density at radius 3 is 2.42 bits per heavy atom. The Morgan fingerprint density at radius 2 is 1.77 bits per heavy atom. The molecule has 0 saturated carbocycles. The summed E-state index contributed by atoms with van der Waals surface area (Å²) < 4.78 is 10.6. The second kappa shape index (κ2) is 7.38. The maximum absolute atomic E-state index is 12.4. The number of thioether (sulfide) groups is 1. The highest BCUT2D eigenvalue weighted by molar-refractivity contribution is 8.04. The van der Waals surface area contributed by atoms with Crippen molar-refractivity contribution in [2.24, 2.45) is 0 Å². The van der Waals surface area contributed by atoms with Gasteiger partial charge in [-0.3, -0.25) is 4.79 Å². The van der Waals surface area contributed by atoms with Crippen LogP contribution in [0.4, 0.5) is 0 Å². The second-order valence-electron chi connectivity index (χ2n) is 6.88. The van der Waals surface area contributed by atoms with Gasteiger partial charge in [0, 0.05) is 10.5 Å². The molecule has 5 heteroatoms. The maximum atomic E-state index is 12.4. The molecule has 0 aromatic heterocycles. The van der Waals surface area contributed by atoms with E-state index in [1.165, 1.54) is 11.8 Å². The van der Waals surface area contributed by atoms with E-state index in [4.69, 9.17) is 9.47 Å². The molecule has 3 rings (SSSR count). The quantitative estimate of drug-likeness (QED) is 0.576. The fraction of sp³-hybridized carbons (Fsp3) is 0.238. The van der Waals surface area contributed by atoms with Crippen molar-refractivity contribution in [2.45, 2.75) is 31.3 Å². The standard InChI is InChI=1S/C21H20O4S/c1-21(2,3)25-19(22)13-24-15-10-8-14(9-11-15)12-18-20(23)16-6-4-5-7-17(16)26-18/h4-12H,13H2,1-3H3/b18-12+. The number of ketones is 1. The molecule has 0 bridgehead atoms. The van der Waals surface area contributed by atoms with Gasteiger partial charge >= 0.3 is 5.97 Å². The van der Waals surface area contributed by atoms with Crippen molar-refractivity contribution in [1.29, 1.82) is 0 Å². The molecule has 134 valence electrons. The Hall–Kier alpha value is -2.53. The third-order valence-electron chi connectivity index (χ3n) is 3.53. The van der Waals surface area contributed by atoms with E-state index in [2.05, 4.69) is 0 Å². The molecule has 2 aromatic rings. The van der Waals surface area contributed by atoms with Crippen LogP contribution < -0.4 is 4.74 Å². The third kappa shape index (κ3) is 4.55. The molecular formula is C21H20O4S. The highest BCUT2D eigenvalue weighted by atomic mass is 32.2. The van der Waals surface area contributed by atoms with Crippen LogP contribution >= 0.6 is 11.8 Å². The lowest BCUT2D eigenvalue weighted by Gasteiger charge is -2.19. The Bertz CT molecular complexity index is 860. The van der Waals surface area contributed by atoms with Crippen molar-refractivity contribution in [3.8, 4) is 5.75 Å². The number of carbonyl (C=O) groups excluding carboxylic acids is 2. The first-order chi connectivity index (χ1) is 12.3. The number of allylic oxidation sites excluding steroid dienone is 1. The van der Waals surface area contributed by atoms with Crippen LogP contribution in [0.3, 0.4) is 0 Å². The van der Waals surface area contributed by atoms with Crippen LogP contribution in [-0.2, 0) is 9.53 Å². The van der Waals surface area contributed by atoms with Gasteiger partial charge in [-0.15, -0.1) is 0 Å². The molecule has 1 aliphatic heterocycles. The summed E-state index contributed by atoms with van der Waals surface area (Å²) in [4.78, 5) is 25.8. The topological polar surface area (TPSA) is 52.6 Å². The molecule has 0 aliphatic carbocycles. The van der Waals surface area contributed by atoms with E-state index < -0.39 is 11.6 Å². The van der Waals surface area contributed by atoms with Crippen LogP contribution in [0, 0.1) is 0 Å². The average Bonchev–Trinajstić information content (AvgIpc) is 2.89. The number of esters is 1. The van der Waals surface area contributed by atoms with E-state index in [1.54, 1.807) is 12.1 Å². The molecule has 0 N–H and O–H groups in total. The number of ether oxygens (including phenoxy) is 2. The van der Waals surface area contributed by atoms with Gasteiger partial charge in [-0.1, -0.05) is 36.0 Å². The predicted molar refractivity (Wildman–Crippen MR) is 102 cm³/mol. The van der Waals surface area contributed by atoms with Crippen molar-refractivity contribution < 1.29 is 19.1 Å². The van der Waals surface area contributed by atoms with Crippen LogP contribution in [0.25, 0.3) is 6.08 Å². The number of carbonyl (C=O) groups is 2. The normalized spacial score (nSPS) is 15.0. The zero-order valence-electron chi connectivity index (χ0n) is 14.9. The van der Waals surface area contributed by atoms with E-state index in [0.29, 0.717) is 10.7 Å². The van der Waals surface area contributed by atoms with Gasteiger partial charge in [-0.2, -0.15) is 0 Å². The summed E-state index contributed by atoms with van der Waals surface area (Å²) in [6.07, 6.45) is 1.87. The molecular weight excluding hydrogens is 348 g/mol. The largest absolute Gasteiger partial charge is 0.482 e. The van der Waals surface area contributed by atoms with Crippen molar-refractivity contribution in [2.75, 3.05) is 6.61 Å². The zero-order chi connectivity index (χ0) is 18.7. The third-order valence-corrected chi connectivity index (χ3v) is 4.63. The van der Waals surface area contributed by atoms with E-state index in [1.807, 2.05) is 63.2 Å². The number of Topliss-reactive ketones (excluding diaryl/α,β-unsaturated/α-hetero) is 1. The fourth-order valence-corrected chi connectivity index (χ4v) is 3.51. The van der Waals surface area contributed by atoms with Gasteiger partial charge in [0.2, 0.25) is 5.78 Å². The lowest BCUT2D eigenvalue weighted by atomic mass is 10.1. The smallest absolute Gasteiger partial charge is 0.344 e. The van der Waals surface area contributed by atoms with Crippen molar-refractivity contribution in [1.82, 2.24) is 0 Å². The summed E-state index contributed by atoms with van der Waals surface area (Å²) in [7, 11) is 0. The molecule has 0 spiro atoms. The highest BCUT2D eigenvalue weighted by Crippen LogP contribution is 2.40. The van der Waals surface area contributed by atoms with Gasteiger partial charge in [-0.05, 0) is 56.7 Å². The summed E-state index contributed by atoms with van der Waals surface area (Å²) in [5.41, 5.74) is 1.12. The monoisotopic (exact) mass is 368 g/mol. The number of rotatable bonds is 4. The summed E-state index contributed by atoms with van der Waals surface area (Å²) in [5.74, 6) is 0.219. The molecule has 0 amide bonds. The minimum atomic E-state index is -0.528. The summed E-state index contributed by atoms with van der Waals surface area (Å²) in [6, 6.07) is 14.9. The van der Waals surface area contributed by atoms with Crippen molar-refractivity contribution in [3.05, 3.63) is 64.6 Å². The van der Waals surface area contributed by atoms with Crippen molar-refractivity contribution in [3.63, 3.8) is 0 Å². The molecule has 0 unspecified atom stereocenters. The second-order valence-corrected chi connectivity index (χ2v) is 7.96. The van der Waals surface area contributed by atoms with E-state index in [-0.39, 0.29) is 12.4 Å². The first-order valence-corrected chi connectivity index (χ1v) is 9.11. The van der Waals surface area contributed by atoms with E-state index in [9.17, 15) is 9.59 Å². The average molecular weight is 368 g/mol. The Kier molecular flexibility index (Phi) is 5.18. The number of fused-ring (bicyclic) bond motifs is 1. The van der Waals surface area contributed by atoms with Crippen LogP contribution in [0.2, 0.25) is 0 Å². The zero-order valence-corrected chi connectivity index (χ0v) is 15.8. The van der Waals surface area contributed by atoms with Gasteiger partial charge in [0.15, 0.2) is 6.61 Å². The van der Waals surface area contributed by atoms with Gasteiger partial charge in [0.05, 0.1) is 4.91 Å². The SMILES string of the molecule is CC(C)(C)OC(=O)COc1ccc(/C=C2/Sc3ccccc3C2=O)cc1. The minimum Gasteiger partial charge on any atom is -0.482 e. The molecule has 26 heavy (non-hydrogen) atoms. The summed E-state index contributed by atoms with van der Waals surface area (Å²) in [5, 5.41) is 0. The van der Waals surface area contributed by atoms with Gasteiger partial charge in [0.1, 0.15) is 11.4 Å². The minimum absolute atomic E-state index is 0.0517. The number of benzene rings is 2. The molecule has 1 aliphatic rings. The highest BCUT2D eigenvalue weighted by Gasteiger charge is 2.25.